The van der Waals surface area contributed by atoms with E-state index in [0.717, 1.165) is 0 Å². The first-order valence-corrected chi connectivity index (χ1v) is 15.2. The largest absolute Gasteiger partial charge is 0.197 e. The Morgan fingerprint density at radius 2 is 0.885 bits per heavy atom. The molecule has 0 aliphatic rings. The molecule has 0 unspecified atom stereocenters. The zero-order chi connectivity index (χ0) is 18.8. The third-order valence-corrected chi connectivity index (χ3v) is 18.5. The highest BCUT2D eigenvalue weighted by atomic mass is 32.3. The van der Waals surface area contributed by atoms with Crippen molar-refractivity contribution in [3.8, 4) is 0 Å². The molecule has 3 rings (SSSR count). The van der Waals surface area contributed by atoms with Gasteiger partial charge in [-0.05, 0) is 50.2 Å². The molecule has 3 aromatic rings. The minimum atomic E-state index is -1.89. The highest BCUT2D eigenvalue weighted by molar-refractivity contribution is 8.18. The molecule has 0 heterocycles. The highest BCUT2D eigenvalue weighted by Gasteiger charge is 2.63. The van der Waals surface area contributed by atoms with Crippen LogP contribution in [-0.2, 0) is 0 Å². The Bertz CT molecular complexity index is 743. The van der Waals surface area contributed by atoms with Crippen LogP contribution in [0, 0.1) is 0 Å². The lowest BCUT2D eigenvalue weighted by atomic mass is 10.3. The predicted molar refractivity (Wildman–Crippen MR) is 126 cm³/mol. The van der Waals surface area contributed by atoms with Gasteiger partial charge in [-0.1, -0.05) is 67.7 Å². The molecule has 0 nitrogen and oxygen atoms in total. The fourth-order valence-corrected chi connectivity index (χ4v) is 14.3. The van der Waals surface area contributed by atoms with Crippen LogP contribution in [0.15, 0.2) is 91.0 Å². The smallest absolute Gasteiger partial charge is 0.156 e. The average molecular weight is 396 g/mol. The minimum absolute atomic E-state index is 0.0766. The zero-order valence-corrected chi connectivity index (χ0v) is 18.8. The maximum atomic E-state index is 5.25. The van der Waals surface area contributed by atoms with E-state index < -0.39 is 14.5 Å². The van der Waals surface area contributed by atoms with Gasteiger partial charge in [0.25, 0.3) is 0 Å². The lowest BCUT2D eigenvalue weighted by Gasteiger charge is -2.46. The molecule has 0 saturated carbocycles. The van der Waals surface area contributed by atoms with Crippen molar-refractivity contribution >= 4 is 42.5 Å². The molecule has 26 heavy (non-hydrogen) atoms. The molecule has 0 amide bonds. The molecule has 3 aromatic carbocycles. The van der Waals surface area contributed by atoms with Crippen molar-refractivity contribution in [2.24, 2.45) is 0 Å². The van der Waals surface area contributed by atoms with Gasteiger partial charge < -0.3 is 0 Å². The summed E-state index contributed by atoms with van der Waals surface area (Å²) in [6.45, 7) is 9.68. The van der Waals surface area contributed by atoms with Crippen molar-refractivity contribution in [1.29, 1.82) is 0 Å². The van der Waals surface area contributed by atoms with Crippen molar-refractivity contribution in [3.63, 3.8) is 0 Å². The van der Waals surface area contributed by atoms with Gasteiger partial charge in [0, 0.05) is 0 Å². The Kier molecular flexibility index (Phi) is 5.49. The van der Waals surface area contributed by atoms with Crippen LogP contribution in [0.5, 0.6) is 0 Å². The molecule has 0 fully saturated rings. The fraction of sp³-hybridized carbons (Fsp3) is 0.217. The molecule has 0 aliphatic carbocycles. The van der Waals surface area contributed by atoms with Gasteiger partial charge in [-0.25, -0.2) is 0 Å². The van der Waals surface area contributed by atoms with E-state index in [1.165, 1.54) is 15.9 Å². The maximum Gasteiger partial charge on any atom is 0.156 e. The Labute approximate surface area is 165 Å². The van der Waals surface area contributed by atoms with Crippen LogP contribution in [0.3, 0.4) is 0 Å². The van der Waals surface area contributed by atoms with Crippen molar-refractivity contribution < 1.29 is 0 Å². The molecule has 0 spiro atoms. The van der Waals surface area contributed by atoms with E-state index in [9.17, 15) is 0 Å². The highest BCUT2D eigenvalue weighted by Crippen LogP contribution is 2.68. The first-order valence-electron chi connectivity index (χ1n) is 9.10. The SMILES string of the molecule is CC(C)([Si](C)(C)S)[P+](c1ccccc1)(c1ccccc1)c1ccccc1. The van der Waals surface area contributed by atoms with Gasteiger partial charge in [-0.15, -0.1) is 0 Å². The van der Waals surface area contributed by atoms with Crippen LogP contribution in [0.25, 0.3) is 0 Å². The molecule has 0 aromatic heterocycles. The van der Waals surface area contributed by atoms with Gasteiger partial charge in [0.05, 0.1) is 4.78 Å². The van der Waals surface area contributed by atoms with Crippen LogP contribution in [-0.4, -0.2) is 12.0 Å². The number of hydrogen-bond acceptors (Lipinski definition) is 1. The van der Waals surface area contributed by atoms with E-state index in [4.69, 9.17) is 12.1 Å². The third-order valence-electron chi connectivity index (χ3n) is 5.77. The van der Waals surface area contributed by atoms with Gasteiger partial charge in [0.15, 0.2) is 7.22 Å². The Morgan fingerprint density at radius 1 is 0.615 bits per heavy atom. The molecule has 0 atom stereocenters. The van der Waals surface area contributed by atoms with Gasteiger partial charge in [-0.2, -0.15) is 12.1 Å². The predicted octanol–water partition coefficient (Wildman–Crippen LogP) is 5.43. The Morgan fingerprint density at radius 3 is 1.12 bits per heavy atom. The number of benzene rings is 3. The Hall–Kier alpha value is -1.34. The summed E-state index contributed by atoms with van der Waals surface area (Å²) in [6.07, 6.45) is 0. The van der Waals surface area contributed by atoms with Crippen molar-refractivity contribution in [2.75, 3.05) is 0 Å². The summed E-state index contributed by atoms with van der Waals surface area (Å²) in [5.41, 5.74) is 0. The molecular formula is C23H28PSSi+. The van der Waals surface area contributed by atoms with Gasteiger partial charge >= 0.3 is 0 Å². The topological polar surface area (TPSA) is 0 Å². The standard InChI is InChI=1S/C23H28PSSi/c1-23(2,26(3,4)25)24(20-14-8-5-9-15-20,21-16-10-6-11-17-21)22-18-12-7-13-19-22/h5-19,25H,1-4H3/q+1. The summed E-state index contributed by atoms with van der Waals surface area (Å²) in [5, 5.41) is 4.33. The lowest BCUT2D eigenvalue weighted by Crippen LogP contribution is -2.55. The second-order valence-electron chi connectivity index (χ2n) is 7.80. The molecule has 0 radical (unpaired) electrons. The van der Waals surface area contributed by atoms with E-state index in [0.29, 0.717) is 0 Å². The van der Waals surface area contributed by atoms with E-state index in [1.54, 1.807) is 0 Å². The minimum Gasteiger partial charge on any atom is -0.197 e. The molecule has 0 bridgehead atoms. The van der Waals surface area contributed by atoms with E-state index >= 15 is 0 Å². The molecule has 0 N–H and O–H groups in total. The molecule has 0 aliphatic heterocycles. The summed E-state index contributed by atoms with van der Waals surface area (Å²) in [7, 11) is -3.72. The van der Waals surface area contributed by atoms with Gasteiger partial charge in [-0.3, -0.25) is 0 Å². The van der Waals surface area contributed by atoms with Crippen molar-refractivity contribution in [3.05, 3.63) is 91.0 Å². The first kappa shape index (κ1) is 19.4. The van der Waals surface area contributed by atoms with Crippen LogP contribution in [0.2, 0.25) is 13.1 Å². The third kappa shape index (κ3) is 3.09. The summed E-state index contributed by atoms with van der Waals surface area (Å²) in [4.78, 5) is 0. The molecule has 134 valence electrons. The summed E-state index contributed by atoms with van der Waals surface area (Å²) in [5.74, 6) is 0. The number of hydrogen-bond donors (Lipinski definition) is 1. The normalized spacial score (nSPS) is 12.8. The van der Waals surface area contributed by atoms with Crippen molar-refractivity contribution in [2.45, 2.75) is 31.7 Å². The zero-order valence-electron chi connectivity index (χ0n) is 16.1. The molecule has 0 saturated heterocycles. The van der Waals surface area contributed by atoms with Gasteiger partial charge in [0.1, 0.15) is 23.2 Å². The van der Waals surface area contributed by atoms with Crippen LogP contribution in [0.1, 0.15) is 13.8 Å². The Balaban J connectivity index is 2.48. The summed E-state index contributed by atoms with van der Waals surface area (Å²) < 4.78 is 0.0766. The number of thiol groups is 1. The van der Waals surface area contributed by atoms with E-state index in [-0.39, 0.29) is 4.78 Å². The molecular weight excluding hydrogens is 367 g/mol. The van der Waals surface area contributed by atoms with Crippen LogP contribution < -0.4 is 15.9 Å². The van der Waals surface area contributed by atoms with E-state index in [1.807, 2.05) is 0 Å². The second kappa shape index (κ2) is 7.35. The maximum absolute atomic E-state index is 5.25. The lowest BCUT2D eigenvalue weighted by molar-refractivity contribution is 0.949. The summed E-state index contributed by atoms with van der Waals surface area (Å²) >= 11 is 5.25. The van der Waals surface area contributed by atoms with Gasteiger partial charge in [0.2, 0.25) is 0 Å². The monoisotopic (exact) mass is 395 g/mol. The number of rotatable bonds is 5. The summed E-state index contributed by atoms with van der Waals surface area (Å²) in [6, 6.07) is 33.4. The fourth-order valence-electron chi connectivity index (χ4n) is 3.78. The van der Waals surface area contributed by atoms with Crippen LogP contribution >= 0.6 is 19.3 Å². The quantitative estimate of drug-likeness (QED) is 0.332. The second-order valence-corrected chi connectivity index (χ2v) is 19.9. The van der Waals surface area contributed by atoms with Crippen molar-refractivity contribution in [1.82, 2.24) is 0 Å². The van der Waals surface area contributed by atoms with Crippen LogP contribution in [0.4, 0.5) is 0 Å². The molecule has 3 heteroatoms. The first-order chi connectivity index (χ1) is 12.3. The average Bonchev–Trinajstić information content (AvgIpc) is 2.64. The van der Waals surface area contributed by atoms with E-state index in [2.05, 4.69) is 118 Å².